The van der Waals surface area contributed by atoms with Crippen molar-refractivity contribution in [2.75, 3.05) is 6.61 Å². The minimum absolute atomic E-state index is 0.0855. The molecule has 0 fully saturated rings. The minimum Gasteiger partial charge on any atom is -0.508 e. The Kier molecular flexibility index (Phi) is 6.01. The maximum atomic E-state index is 9.79. The van der Waals surface area contributed by atoms with Gasteiger partial charge in [0.05, 0.1) is 0 Å². The number of rotatable bonds is 5. The highest BCUT2D eigenvalue weighted by atomic mass is 16.3. The Labute approximate surface area is 73.9 Å². The van der Waals surface area contributed by atoms with E-state index in [9.17, 15) is 9.59 Å². The fraction of sp³-hybridized carbons (Fsp3) is 0.429. The van der Waals surface area contributed by atoms with E-state index < -0.39 is 5.82 Å². The molecule has 0 saturated heterocycles. The van der Waals surface area contributed by atoms with Gasteiger partial charge in [-0.2, -0.15) is 0 Å². The molecule has 0 aromatic rings. The third kappa shape index (κ3) is 4.66. The SMILES string of the molecule is O=C=NC(N=C=O)=C(O)CCCO. The molecule has 2 N–H and O–H groups in total. The normalized spacial score (nSPS) is 8.08. The molecule has 0 spiro atoms. The lowest BCUT2D eigenvalue weighted by Crippen LogP contribution is -1.90. The van der Waals surface area contributed by atoms with Crippen LogP contribution < -0.4 is 0 Å². The molecule has 0 radical (unpaired) electrons. The summed E-state index contributed by atoms with van der Waals surface area (Å²) in [5.74, 6) is -0.765. The zero-order chi connectivity index (χ0) is 10.1. The van der Waals surface area contributed by atoms with Crippen LogP contribution in [0, 0.1) is 0 Å². The van der Waals surface area contributed by atoms with Crippen molar-refractivity contribution in [3.63, 3.8) is 0 Å². The average molecular weight is 184 g/mol. The van der Waals surface area contributed by atoms with Gasteiger partial charge in [-0.05, 0) is 6.42 Å². The first-order valence-electron chi connectivity index (χ1n) is 3.45. The Morgan fingerprint density at radius 2 is 1.77 bits per heavy atom. The van der Waals surface area contributed by atoms with Crippen LogP contribution in [-0.2, 0) is 9.59 Å². The predicted octanol–water partition coefficient (Wildman–Crippen LogP) is 0.158. The van der Waals surface area contributed by atoms with Gasteiger partial charge in [-0.15, -0.1) is 9.98 Å². The van der Waals surface area contributed by atoms with Crippen molar-refractivity contribution in [1.29, 1.82) is 0 Å². The number of aliphatic imine (C=N–C) groups is 2. The summed E-state index contributed by atoms with van der Waals surface area (Å²) in [4.78, 5) is 25.5. The highest BCUT2D eigenvalue weighted by Gasteiger charge is 2.02. The van der Waals surface area contributed by atoms with E-state index in [-0.39, 0.29) is 25.2 Å². The van der Waals surface area contributed by atoms with Crippen molar-refractivity contribution >= 4 is 12.2 Å². The molecule has 0 unspecified atom stereocenters. The van der Waals surface area contributed by atoms with Gasteiger partial charge in [-0.3, -0.25) is 0 Å². The molecule has 6 nitrogen and oxygen atoms in total. The van der Waals surface area contributed by atoms with Crippen molar-refractivity contribution in [3.05, 3.63) is 11.6 Å². The van der Waals surface area contributed by atoms with Crippen LogP contribution in [0.1, 0.15) is 12.8 Å². The number of hydrogen-bond acceptors (Lipinski definition) is 6. The molecule has 0 bridgehead atoms. The van der Waals surface area contributed by atoms with Gasteiger partial charge in [-0.25, -0.2) is 9.59 Å². The molecule has 0 aliphatic heterocycles. The Hall–Kier alpha value is -1.74. The number of nitrogens with zero attached hydrogens (tertiary/aromatic N) is 2. The van der Waals surface area contributed by atoms with Gasteiger partial charge in [0, 0.05) is 13.0 Å². The van der Waals surface area contributed by atoms with Gasteiger partial charge in [-0.1, -0.05) is 0 Å². The third-order valence-electron chi connectivity index (χ3n) is 1.13. The molecule has 0 aromatic heterocycles. The Bertz CT molecular complexity index is 265. The topological polar surface area (TPSA) is 99.3 Å². The molecule has 0 saturated carbocycles. The Morgan fingerprint density at radius 3 is 2.15 bits per heavy atom. The minimum atomic E-state index is -0.418. The summed E-state index contributed by atoms with van der Waals surface area (Å²) in [7, 11) is 0. The average Bonchev–Trinajstić information content (AvgIpc) is 2.14. The summed E-state index contributed by atoms with van der Waals surface area (Å²) in [6.45, 7) is -0.118. The smallest absolute Gasteiger partial charge is 0.242 e. The molecule has 0 aliphatic rings. The number of aliphatic hydroxyl groups excluding tert-OH is 2. The first kappa shape index (κ1) is 11.3. The van der Waals surface area contributed by atoms with E-state index >= 15 is 0 Å². The van der Waals surface area contributed by atoms with Crippen molar-refractivity contribution in [1.82, 2.24) is 0 Å². The zero-order valence-corrected chi connectivity index (χ0v) is 6.73. The first-order valence-corrected chi connectivity index (χ1v) is 3.45. The molecule has 6 heteroatoms. The van der Waals surface area contributed by atoms with Crippen molar-refractivity contribution in [2.45, 2.75) is 12.8 Å². The highest BCUT2D eigenvalue weighted by molar-refractivity contribution is 5.42. The summed E-state index contributed by atoms with van der Waals surface area (Å²) in [6, 6.07) is 0. The summed E-state index contributed by atoms with van der Waals surface area (Å²) >= 11 is 0. The Balaban J connectivity index is 4.63. The largest absolute Gasteiger partial charge is 0.508 e. The van der Waals surface area contributed by atoms with Gasteiger partial charge < -0.3 is 10.2 Å². The third-order valence-corrected chi connectivity index (χ3v) is 1.13. The molecular weight excluding hydrogens is 176 g/mol. The van der Waals surface area contributed by atoms with Crippen molar-refractivity contribution in [2.24, 2.45) is 9.98 Å². The van der Waals surface area contributed by atoms with E-state index in [2.05, 4.69) is 9.98 Å². The second-order valence-electron chi connectivity index (χ2n) is 2.00. The molecule has 0 atom stereocenters. The van der Waals surface area contributed by atoms with Gasteiger partial charge in [0.1, 0.15) is 5.76 Å². The van der Waals surface area contributed by atoms with E-state index in [4.69, 9.17) is 10.2 Å². The number of allylic oxidation sites excluding steroid dienone is 1. The second kappa shape index (κ2) is 6.94. The van der Waals surface area contributed by atoms with E-state index in [1.807, 2.05) is 0 Å². The second-order valence-corrected chi connectivity index (χ2v) is 2.00. The maximum absolute atomic E-state index is 9.79. The fourth-order valence-corrected chi connectivity index (χ4v) is 0.599. The zero-order valence-electron chi connectivity index (χ0n) is 6.73. The van der Waals surface area contributed by atoms with Gasteiger partial charge >= 0.3 is 0 Å². The molecule has 0 heterocycles. The molecule has 70 valence electrons. The van der Waals surface area contributed by atoms with E-state index in [1.165, 1.54) is 0 Å². The lowest BCUT2D eigenvalue weighted by Gasteiger charge is -1.97. The lowest BCUT2D eigenvalue weighted by molar-refractivity contribution is 0.274. The fourth-order valence-electron chi connectivity index (χ4n) is 0.599. The van der Waals surface area contributed by atoms with Gasteiger partial charge in [0.25, 0.3) is 0 Å². The van der Waals surface area contributed by atoms with E-state index in [0.29, 0.717) is 0 Å². The number of aliphatic hydroxyl groups is 2. The van der Waals surface area contributed by atoms with Crippen molar-refractivity contribution in [3.8, 4) is 0 Å². The standard InChI is InChI=1S/C7H8N2O4/c10-3-1-2-6(13)7(8-4-11)9-5-12/h10,13H,1-3H2. The van der Waals surface area contributed by atoms with Crippen LogP contribution in [0.25, 0.3) is 0 Å². The maximum Gasteiger partial charge on any atom is 0.242 e. The molecule has 0 aliphatic carbocycles. The molecule has 0 amide bonds. The summed E-state index contributed by atoms with van der Waals surface area (Å²) < 4.78 is 0. The summed E-state index contributed by atoms with van der Waals surface area (Å²) in [5, 5.41) is 17.5. The molecular formula is C7H8N2O4. The monoisotopic (exact) mass is 184 g/mol. The lowest BCUT2D eigenvalue weighted by atomic mass is 10.3. The number of hydrogen-bond donors (Lipinski definition) is 2. The Morgan fingerprint density at radius 1 is 1.23 bits per heavy atom. The van der Waals surface area contributed by atoms with Crippen LogP contribution in [0.4, 0.5) is 0 Å². The van der Waals surface area contributed by atoms with Gasteiger partial charge in [0.15, 0.2) is 0 Å². The van der Waals surface area contributed by atoms with Crippen LogP contribution in [0.5, 0.6) is 0 Å². The molecule has 13 heavy (non-hydrogen) atoms. The quantitative estimate of drug-likeness (QED) is 0.361. The molecule has 0 aromatic carbocycles. The van der Waals surface area contributed by atoms with Crippen molar-refractivity contribution < 1.29 is 19.8 Å². The first-order chi connectivity index (χ1) is 6.26. The van der Waals surface area contributed by atoms with Crippen LogP contribution in [-0.4, -0.2) is 29.0 Å². The predicted molar refractivity (Wildman–Crippen MR) is 42.2 cm³/mol. The highest BCUT2D eigenvalue weighted by Crippen LogP contribution is 2.09. The molecule has 0 rings (SSSR count). The van der Waals surface area contributed by atoms with Gasteiger partial charge in [0.2, 0.25) is 18.0 Å². The van der Waals surface area contributed by atoms with Crippen LogP contribution in [0.3, 0.4) is 0 Å². The van der Waals surface area contributed by atoms with Crippen LogP contribution in [0.15, 0.2) is 21.6 Å². The van der Waals surface area contributed by atoms with E-state index in [1.54, 1.807) is 0 Å². The van der Waals surface area contributed by atoms with E-state index in [0.717, 1.165) is 12.2 Å². The number of isocyanates is 2. The number of carbonyl (C=O) groups excluding carboxylic acids is 2. The van der Waals surface area contributed by atoms with Crippen LogP contribution >= 0.6 is 0 Å². The summed E-state index contributed by atoms with van der Waals surface area (Å²) in [5.41, 5.74) is 0. The van der Waals surface area contributed by atoms with Crippen LogP contribution in [0.2, 0.25) is 0 Å². The summed E-state index contributed by atoms with van der Waals surface area (Å²) in [6.07, 6.45) is 2.64.